The highest BCUT2D eigenvalue weighted by atomic mass is 35.5. The van der Waals surface area contributed by atoms with Crippen molar-refractivity contribution in [1.82, 2.24) is 10.3 Å². The van der Waals surface area contributed by atoms with Gasteiger partial charge in [0.2, 0.25) is 0 Å². The van der Waals surface area contributed by atoms with Gasteiger partial charge < -0.3 is 10.4 Å². The second kappa shape index (κ2) is 6.55. The fourth-order valence-corrected chi connectivity index (χ4v) is 3.01. The van der Waals surface area contributed by atoms with Crippen molar-refractivity contribution in [2.24, 2.45) is 11.8 Å². The molecule has 104 valence electrons. The molecule has 1 aliphatic carbocycles. The van der Waals surface area contributed by atoms with Gasteiger partial charge in [-0.15, -0.1) is 0 Å². The zero-order chi connectivity index (χ0) is 13.8. The van der Waals surface area contributed by atoms with E-state index < -0.39 is 0 Å². The second-order valence-electron chi connectivity index (χ2n) is 4.84. The van der Waals surface area contributed by atoms with E-state index in [-0.39, 0.29) is 22.8 Å². The molecule has 1 saturated carbocycles. The normalized spacial score (nSPS) is 22.5. The molecule has 0 saturated heterocycles. The SMILES string of the molecule is O=C(NCC1CCCC1CO)c1cc(Cl)nc(Cl)c1. The summed E-state index contributed by atoms with van der Waals surface area (Å²) in [5, 5.41) is 12.5. The minimum Gasteiger partial charge on any atom is -0.396 e. The number of halogens is 2. The molecule has 0 aliphatic heterocycles. The average Bonchev–Trinajstić information content (AvgIpc) is 2.82. The highest BCUT2D eigenvalue weighted by Gasteiger charge is 2.26. The number of rotatable bonds is 4. The van der Waals surface area contributed by atoms with Crippen LogP contribution in [0.1, 0.15) is 29.6 Å². The van der Waals surface area contributed by atoms with Crippen LogP contribution in [-0.4, -0.2) is 29.1 Å². The van der Waals surface area contributed by atoms with E-state index in [4.69, 9.17) is 23.2 Å². The summed E-state index contributed by atoms with van der Waals surface area (Å²) < 4.78 is 0. The number of hydrogen-bond donors (Lipinski definition) is 2. The number of carbonyl (C=O) groups excluding carboxylic acids is 1. The Bertz CT molecular complexity index is 448. The van der Waals surface area contributed by atoms with E-state index in [0.717, 1.165) is 19.3 Å². The molecule has 2 rings (SSSR count). The van der Waals surface area contributed by atoms with Crippen molar-refractivity contribution in [3.63, 3.8) is 0 Å². The molecule has 1 amide bonds. The number of aromatic nitrogens is 1. The summed E-state index contributed by atoms with van der Waals surface area (Å²) >= 11 is 11.5. The molecule has 2 unspecified atom stereocenters. The fourth-order valence-electron chi connectivity index (χ4n) is 2.54. The molecule has 1 aromatic heterocycles. The van der Waals surface area contributed by atoms with E-state index in [1.807, 2.05) is 0 Å². The van der Waals surface area contributed by atoms with E-state index >= 15 is 0 Å². The largest absolute Gasteiger partial charge is 0.396 e. The number of nitrogens with zero attached hydrogens (tertiary/aromatic N) is 1. The molecule has 1 heterocycles. The summed E-state index contributed by atoms with van der Waals surface area (Å²) in [6, 6.07) is 2.97. The van der Waals surface area contributed by atoms with Crippen LogP contribution in [0.25, 0.3) is 0 Å². The maximum absolute atomic E-state index is 12.0. The highest BCUT2D eigenvalue weighted by molar-refractivity contribution is 6.33. The maximum atomic E-state index is 12.0. The molecule has 1 fully saturated rings. The van der Waals surface area contributed by atoms with Crippen molar-refractivity contribution in [3.05, 3.63) is 28.0 Å². The third-order valence-electron chi connectivity index (χ3n) is 3.60. The molecule has 0 aromatic carbocycles. The third kappa shape index (κ3) is 3.81. The summed E-state index contributed by atoms with van der Waals surface area (Å²) in [4.78, 5) is 15.8. The monoisotopic (exact) mass is 302 g/mol. The minimum absolute atomic E-state index is 0.188. The Labute approximate surface area is 122 Å². The third-order valence-corrected chi connectivity index (χ3v) is 3.99. The van der Waals surface area contributed by atoms with E-state index in [0.29, 0.717) is 23.9 Å². The van der Waals surface area contributed by atoms with Crippen LogP contribution >= 0.6 is 23.2 Å². The first-order chi connectivity index (χ1) is 9.10. The number of hydrogen-bond acceptors (Lipinski definition) is 3. The summed E-state index contributed by atoms with van der Waals surface area (Å²) in [6.07, 6.45) is 3.19. The predicted octanol–water partition coefficient (Wildman–Crippen LogP) is 2.53. The Morgan fingerprint density at radius 3 is 2.58 bits per heavy atom. The van der Waals surface area contributed by atoms with Crippen molar-refractivity contribution in [3.8, 4) is 0 Å². The van der Waals surface area contributed by atoms with Gasteiger partial charge in [-0.2, -0.15) is 0 Å². The lowest BCUT2D eigenvalue weighted by atomic mass is 9.97. The zero-order valence-electron chi connectivity index (χ0n) is 10.4. The smallest absolute Gasteiger partial charge is 0.251 e. The van der Waals surface area contributed by atoms with Gasteiger partial charge in [-0.1, -0.05) is 29.6 Å². The van der Waals surface area contributed by atoms with Crippen LogP contribution in [0, 0.1) is 11.8 Å². The van der Waals surface area contributed by atoms with Gasteiger partial charge in [0.25, 0.3) is 5.91 Å². The number of aliphatic hydroxyl groups excluding tert-OH is 1. The fraction of sp³-hybridized carbons (Fsp3) is 0.538. The summed E-state index contributed by atoms with van der Waals surface area (Å²) in [6.45, 7) is 0.759. The number of aliphatic hydroxyl groups is 1. The lowest BCUT2D eigenvalue weighted by Crippen LogP contribution is -2.31. The second-order valence-corrected chi connectivity index (χ2v) is 5.62. The van der Waals surface area contributed by atoms with Gasteiger partial charge in [-0.3, -0.25) is 4.79 Å². The molecule has 1 aliphatic rings. The van der Waals surface area contributed by atoms with Crippen LogP contribution in [-0.2, 0) is 0 Å². The number of nitrogens with one attached hydrogen (secondary N) is 1. The molecule has 4 nitrogen and oxygen atoms in total. The maximum Gasteiger partial charge on any atom is 0.251 e. The lowest BCUT2D eigenvalue weighted by Gasteiger charge is -2.17. The van der Waals surface area contributed by atoms with Crippen molar-refractivity contribution in [2.45, 2.75) is 19.3 Å². The van der Waals surface area contributed by atoms with Gasteiger partial charge in [0.05, 0.1) is 0 Å². The van der Waals surface area contributed by atoms with Gasteiger partial charge in [0, 0.05) is 18.7 Å². The standard InChI is InChI=1S/C13H16Cl2N2O2/c14-11-4-10(5-12(15)17-11)13(19)16-6-8-2-1-3-9(8)7-18/h4-5,8-9,18H,1-3,6-7H2,(H,16,19). The predicted molar refractivity (Wildman–Crippen MR) is 74.5 cm³/mol. The Balaban J connectivity index is 1.94. The van der Waals surface area contributed by atoms with E-state index in [1.54, 1.807) is 0 Å². The first kappa shape index (κ1) is 14.6. The van der Waals surface area contributed by atoms with Crippen LogP contribution in [0.3, 0.4) is 0 Å². The van der Waals surface area contributed by atoms with Crippen LogP contribution in [0.15, 0.2) is 12.1 Å². The van der Waals surface area contributed by atoms with Gasteiger partial charge in [0.1, 0.15) is 10.3 Å². The Hall–Kier alpha value is -0.840. The van der Waals surface area contributed by atoms with Crippen molar-refractivity contribution in [1.29, 1.82) is 0 Å². The number of amides is 1. The zero-order valence-corrected chi connectivity index (χ0v) is 11.9. The van der Waals surface area contributed by atoms with Gasteiger partial charge in [-0.25, -0.2) is 4.98 Å². The molecule has 19 heavy (non-hydrogen) atoms. The first-order valence-corrected chi connectivity index (χ1v) is 7.08. The van der Waals surface area contributed by atoms with Crippen molar-refractivity contribution >= 4 is 29.1 Å². The van der Waals surface area contributed by atoms with E-state index in [2.05, 4.69) is 10.3 Å². The highest BCUT2D eigenvalue weighted by Crippen LogP contribution is 2.30. The Kier molecular flexibility index (Phi) is 5.02. The Morgan fingerprint density at radius 1 is 1.32 bits per heavy atom. The molecule has 0 spiro atoms. The molecule has 6 heteroatoms. The quantitative estimate of drug-likeness (QED) is 0.840. The summed E-state index contributed by atoms with van der Waals surface area (Å²) in [7, 11) is 0. The van der Waals surface area contributed by atoms with Crippen LogP contribution in [0.5, 0.6) is 0 Å². The van der Waals surface area contributed by atoms with Gasteiger partial charge in [-0.05, 0) is 36.8 Å². The molecular weight excluding hydrogens is 287 g/mol. The number of carbonyl (C=O) groups is 1. The molecule has 2 atom stereocenters. The molecule has 0 radical (unpaired) electrons. The van der Waals surface area contributed by atoms with Crippen molar-refractivity contribution < 1.29 is 9.90 Å². The van der Waals surface area contributed by atoms with Gasteiger partial charge >= 0.3 is 0 Å². The summed E-state index contributed by atoms with van der Waals surface area (Å²) in [5.74, 6) is 0.432. The Morgan fingerprint density at radius 2 is 1.95 bits per heavy atom. The van der Waals surface area contributed by atoms with Crippen molar-refractivity contribution in [2.75, 3.05) is 13.2 Å². The molecule has 1 aromatic rings. The molecular formula is C13H16Cl2N2O2. The average molecular weight is 303 g/mol. The van der Waals surface area contributed by atoms with Gasteiger partial charge in [0.15, 0.2) is 0 Å². The molecule has 2 N–H and O–H groups in total. The lowest BCUT2D eigenvalue weighted by molar-refractivity contribution is 0.0937. The van der Waals surface area contributed by atoms with Crippen LogP contribution in [0.4, 0.5) is 0 Å². The van der Waals surface area contributed by atoms with E-state index in [1.165, 1.54) is 12.1 Å². The topological polar surface area (TPSA) is 62.2 Å². The summed E-state index contributed by atoms with van der Waals surface area (Å²) in [5.41, 5.74) is 0.406. The first-order valence-electron chi connectivity index (χ1n) is 6.32. The van der Waals surface area contributed by atoms with Crippen LogP contribution < -0.4 is 5.32 Å². The minimum atomic E-state index is -0.213. The number of pyridine rings is 1. The van der Waals surface area contributed by atoms with Crippen LogP contribution in [0.2, 0.25) is 10.3 Å². The molecule has 0 bridgehead atoms. The van der Waals surface area contributed by atoms with E-state index in [9.17, 15) is 9.90 Å².